The summed E-state index contributed by atoms with van der Waals surface area (Å²) in [6, 6.07) is 4.75. The third kappa shape index (κ3) is 1.62. The highest BCUT2D eigenvalue weighted by atomic mass is 32.2. The first-order valence-electron chi connectivity index (χ1n) is 4.39. The third-order valence-corrected chi connectivity index (χ3v) is 3.21. The predicted octanol–water partition coefficient (Wildman–Crippen LogP) is 2.15. The number of anilines is 1. The van der Waals surface area contributed by atoms with Gasteiger partial charge in [0.2, 0.25) is 0 Å². The second-order valence-corrected chi connectivity index (χ2v) is 4.17. The van der Waals surface area contributed by atoms with Gasteiger partial charge in [-0.25, -0.2) is 4.39 Å². The highest BCUT2D eigenvalue weighted by Crippen LogP contribution is 2.26. The molecule has 0 atom stereocenters. The van der Waals surface area contributed by atoms with Crippen LogP contribution in [0.2, 0.25) is 0 Å². The van der Waals surface area contributed by atoms with Crippen molar-refractivity contribution in [3.63, 3.8) is 0 Å². The van der Waals surface area contributed by atoms with E-state index >= 15 is 0 Å². The lowest BCUT2D eigenvalue weighted by Gasteiger charge is -2.18. The Balaban J connectivity index is 2.40. The van der Waals surface area contributed by atoms with Gasteiger partial charge in [-0.15, -0.1) is 11.8 Å². The summed E-state index contributed by atoms with van der Waals surface area (Å²) in [7, 11) is 0. The Hall–Kier alpha value is -1.03. The molecule has 2 nitrogen and oxygen atoms in total. The van der Waals surface area contributed by atoms with Crippen molar-refractivity contribution in [3.8, 4) is 0 Å². The van der Waals surface area contributed by atoms with E-state index < -0.39 is 5.82 Å². The summed E-state index contributed by atoms with van der Waals surface area (Å²) in [6.07, 6.45) is 0.591. The van der Waals surface area contributed by atoms with Crippen molar-refractivity contribution < 1.29 is 9.18 Å². The number of aldehydes is 1. The zero-order valence-corrected chi connectivity index (χ0v) is 8.39. The maximum Gasteiger partial charge on any atom is 0.155 e. The van der Waals surface area contributed by atoms with Crippen LogP contribution in [0.4, 0.5) is 10.1 Å². The molecule has 1 heterocycles. The molecule has 1 aliphatic heterocycles. The SMILES string of the molecule is O=Cc1c(F)cccc1N1CCSC1. The molecule has 0 aromatic heterocycles. The van der Waals surface area contributed by atoms with Gasteiger partial charge in [0.1, 0.15) is 5.82 Å². The number of carbonyl (C=O) groups is 1. The smallest absolute Gasteiger partial charge is 0.155 e. The molecule has 0 saturated carbocycles. The molecule has 0 radical (unpaired) electrons. The number of nitrogens with zero attached hydrogens (tertiary/aromatic N) is 1. The molecule has 0 aliphatic carbocycles. The van der Waals surface area contributed by atoms with Crippen LogP contribution >= 0.6 is 11.8 Å². The van der Waals surface area contributed by atoms with Crippen molar-refractivity contribution in [1.29, 1.82) is 0 Å². The van der Waals surface area contributed by atoms with Crippen molar-refractivity contribution >= 4 is 23.7 Å². The number of hydrogen-bond donors (Lipinski definition) is 0. The number of thioether (sulfide) groups is 1. The number of benzene rings is 1. The topological polar surface area (TPSA) is 20.3 Å². The van der Waals surface area contributed by atoms with E-state index in [1.165, 1.54) is 6.07 Å². The van der Waals surface area contributed by atoms with Gasteiger partial charge < -0.3 is 4.90 Å². The zero-order chi connectivity index (χ0) is 9.97. The van der Waals surface area contributed by atoms with Crippen LogP contribution < -0.4 is 4.90 Å². The van der Waals surface area contributed by atoms with E-state index in [0.717, 1.165) is 18.2 Å². The van der Waals surface area contributed by atoms with E-state index in [2.05, 4.69) is 0 Å². The molecule has 14 heavy (non-hydrogen) atoms. The lowest BCUT2D eigenvalue weighted by molar-refractivity contribution is 0.112. The number of rotatable bonds is 2. The lowest BCUT2D eigenvalue weighted by Crippen LogP contribution is -2.19. The van der Waals surface area contributed by atoms with E-state index in [4.69, 9.17) is 0 Å². The molecular weight excluding hydrogens is 201 g/mol. The molecule has 4 heteroatoms. The normalized spacial score (nSPS) is 15.9. The molecule has 0 spiro atoms. The zero-order valence-electron chi connectivity index (χ0n) is 7.57. The fourth-order valence-electron chi connectivity index (χ4n) is 1.52. The minimum atomic E-state index is -0.436. The van der Waals surface area contributed by atoms with Gasteiger partial charge in [-0.05, 0) is 12.1 Å². The molecule has 1 aromatic rings. The first kappa shape index (κ1) is 9.52. The molecule has 0 unspecified atom stereocenters. The maximum atomic E-state index is 13.2. The fraction of sp³-hybridized carbons (Fsp3) is 0.300. The van der Waals surface area contributed by atoms with Crippen LogP contribution in [0.1, 0.15) is 10.4 Å². The lowest BCUT2D eigenvalue weighted by atomic mass is 10.1. The summed E-state index contributed by atoms with van der Waals surface area (Å²) in [5.41, 5.74) is 0.889. The van der Waals surface area contributed by atoms with Gasteiger partial charge in [0.15, 0.2) is 6.29 Å². The quantitative estimate of drug-likeness (QED) is 0.699. The molecule has 1 aromatic carbocycles. The van der Waals surface area contributed by atoms with Crippen molar-refractivity contribution in [2.45, 2.75) is 0 Å². The monoisotopic (exact) mass is 211 g/mol. The molecule has 74 valence electrons. The van der Waals surface area contributed by atoms with E-state index in [-0.39, 0.29) is 5.56 Å². The van der Waals surface area contributed by atoms with E-state index in [1.807, 2.05) is 4.90 Å². The summed E-state index contributed by atoms with van der Waals surface area (Å²) in [4.78, 5) is 12.8. The Morgan fingerprint density at radius 2 is 2.36 bits per heavy atom. The second kappa shape index (κ2) is 4.00. The first-order valence-corrected chi connectivity index (χ1v) is 5.55. The maximum absolute atomic E-state index is 13.2. The average molecular weight is 211 g/mol. The minimum absolute atomic E-state index is 0.176. The highest BCUT2D eigenvalue weighted by molar-refractivity contribution is 7.99. The molecule has 1 fully saturated rings. The molecule has 0 N–H and O–H groups in total. The van der Waals surface area contributed by atoms with Crippen LogP contribution in [0, 0.1) is 5.82 Å². The van der Waals surface area contributed by atoms with Gasteiger partial charge in [-0.3, -0.25) is 4.79 Å². The third-order valence-electron chi connectivity index (χ3n) is 2.24. The van der Waals surface area contributed by atoms with Gasteiger partial charge in [0.05, 0.1) is 17.1 Å². The van der Waals surface area contributed by atoms with Gasteiger partial charge in [0, 0.05) is 12.3 Å². The number of carbonyl (C=O) groups excluding carboxylic acids is 1. The summed E-state index contributed by atoms with van der Waals surface area (Å²) in [5, 5.41) is 0. The van der Waals surface area contributed by atoms with Crippen LogP contribution in [0.25, 0.3) is 0 Å². The molecule has 0 bridgehead atoms. The average Bonchev–Trinajstić information content (AvgIpc) is 2.70. The second-order valence-electron chi connectivity index (χ2n) is 3.09. The van der Waals surface area contributed by atoms with Gasteiger partial charge >= 0.3 is 0 Å². The Morgan fingerprint density at radius 1 is 1.50 bits per heavy atom. The van der Waals surface area contributed by atoms with Crippen molar-refractivity contribution in [2.24, 2.45) is 0 Å². The molecule has 1 aliphatic rings. The van der Waals surface area contributed by atoms with Crippen molar-refractivity contribution in [2.75, 3.05) is 23.1 Å². The summed E-state index contributed by atoms with van der Waals surface area (Å²) in [6.45, 7) is 0.884. The van der Waals surface area contributed by atoms with Crippen molar-refractivity contribution in [3.05, 3.63) is 29.6 Å². The van der Waals surface area contributed by atoms with E-state index in [9.17, 15) is 9.18 Å². The fourth-order valence-corrected chi connectivity index (χ4v) is 2.49. The number of hydrogen-bond acceptors (Lipinski definition) is 3. The van der Waals surface area contributed by atoms with E-state index in [0.29, 0.717) is 12.0 Å². The van der Waals surface area contributed by atoms with Crippen LogP contribution in [0.3, 0.4) is 0 Å². The summed E-state index contributed by atoms with van der Waals surface area (Å²) in [5.74, 6) is 1.44. The largest absolute Gasteiger partial charge is 0.361 e. The highest BCUT2D eigenvalue weighted by Gasteiger charge is 2.17. The molecule has 1 saturated heterocycles. The Labute approximate surface area is 86.1 Å². The van der Waals surface area contributed by atoms with Crippen LogP contribution in [-0.2, 0) is 0 Å². The number of halogens is 1. The van der Waals surface area contributed by atoms with Crippen LogP contribution in [-0.4, -0.2) is 24.5 Å². The summed E-state index contributed by atoms with van der Waals surface area (Å²) >= 11 is 1.79. The molecule has 2 rings (SSSR count). The van der Waals surface area contributed by atoms with Gasteiger partial charge in [0.25, 0.3) is 0 Å². The standard InChI is InChI=1S/C10H10FNOS/c11-9-2-1-3-10(8(9)6-13)12-4-5-14-7-12/h1-3,6H,4-5,7H2. The molecular formula is C10H10FNOS. The Morgan fingerprint density at radius 3 is 3.00 bits per heavy atom. The first-order chi connectivity index (χ1) is 6.83. The molecule has 0 amide bonds. The predicted molar refractivity (Wildman–Crippen MR) is 56.5 cm³/mol. The van der Waals surface area contributed by atoms with Gasteiger partial charge in [-0.2, -0.15) is 0 Å². The van der Waals surface area contributed by atoms with E-state index in [1.54, 1.807) is 23.9 Å². The van der Waals surface area contributed by atoms with Gasteiger partial charge in [-0.1, -0.05) is 6.07 Å². The van der Waals surface area contributed by atoms with Crippen LogP contribution in [0.15, 0.2) is 18.2 Å². The van der Waals surface area contributed by atoms with Crippen molar-refractivity contribution in [1.82, 2.24) is 0 Å². The van der Waals surface area contributed by atoms with Crippen LogP contribution in [0.5, 0.6) is 0 Å². The Bertz CT molecular complexity index is 350. The summed E-state index contributed by atoms with van der Waals surface area (Å²) < 4.78 is 13.2. The Kier molecular flexibility index (Phi) is 2.72. The minimum Gasteiger partial charge on any atom is -0.361 e.